The van der Waals surface area contributed by atoms with Crippen molar-refractivity contribution in [2.24, 2.45) is 5.92 Å². The highest BCUT2D eigenvalue weighted by Crippen LogP contribution is 2.22. The van der Waals surface area contributed by atoms with Crippen molar-refractivity contribution in [2.45, 2.75) is 41.2 Å². The van der Waals surface area contributed by atoms with Gasteiger partial charge in [0.15, 0.2) is 0 Å². The number of carbonyl (C=O) groups excluding carboxylic acids is 1. The molecule has 0 fully saturated rings. The number of carbonyl (C=O) groups is 1. The zero-order valence-electron chi connectivity index (χ0n) is 13.0. The van der Waals surface area contributed by atoms with Crippen LogP contribution in [0.2, 0.25) is 5.15 Å². The first kappa shape index (κ1) is 16.8. The highest BCUT2D eigenvalue weighted by molar-refractivity contribution is 6.31. The lowest BCUT2D eigenvalue weighted by molar-refractivity contribution is -0.125. The van der Waals surface area contributed by atoms with Gasteiger partial charge in [0, 0.05) is 31.3 Å². The molecule has 0 unspecified atom stereocenters. The van der Waals surface area contributed by atoms with Crippen molar-refractivity contribution in [3.05, 3.63) is 22.5 Å². The average molecular weight is 298 g/mol. The molecule has 0 radical (unpaired) electrons. The fraction of sp³-hybridized carbons (Fsp3) is 0.600. The summed E-state index contributed by atoms with van der Waals surface area (Å²) in [4.78, 5) is 13.7. The molecule has 0 aliphatic rings. The Hall–Kier alpha value is -1.29. The molecule has 20 heavy (non-hydrogen) atoms. The second kappa shape index (κ2) is 7.48. The Kier molecular flexibility index (Phi) is 6.27. The van der Waals surface area contributed by atoms with Crippen molar-refractivity contribution < 1.29 is 4.79 Å². The number of amides is 1. The molecule has 0 aromatic carbocycles. The molecule has 0 saturated carbocycles. The van der Waals surface area contributed by atoms with E-state index in [2.05, 4.69) is 18.9 Å². The zero-order chi connectivity index (χ0) is 15.3. The monoisotopic (exact) mass is 297 g/mol. The molecule has 1 rings (SSSR count). The summed E-state index contributed by atoms with van der Waals surface area (Å²) in [6, 6.07) is 0. The van der Waals surface area contributed by atoms with Gasteiger partial charge >= 0.3 is 0 Å². The number of hydrogen-bond donors (Lipinski definition) is 0. The van der Waals surface area contributed by atoms with E-state index in [-0.39, 0.29) is 5.91 Å². The molecule has 0 bridgehead atoms. The number of likely N-dealkylation sites (N-methyl/N-ethyl adjacent to an activating group) is 1. The van der Waals surface area contributed by atoms with Gasteiger partial charge in [0.2, 0.25) is 5.91 Å². The second-order valence-electron chi connectivity index (χ2n) is 5.21. The SMILES string of the molecule is CCN(CC)C(=O)C=Cc1c(C)nn(CC(C)C)c1Cl. The van der Waals surface area contributed by atoms with Gasteiger partial charge in [-0.25, -0.2) is 0 Å². The molecule has 1 aromatic heterocycles. The lowest BCUT2D eigenvalue weighted by atomic mass is 10.2. The second-order valence-corrected chi connectivity index (χ2v) is 5.57. The standard InChI is InChI=1S/C15H24ClN3O/c1-6-18(7-2)14(20)9-8-13-12(5)17-19(15(13)16)10-11(3)4/h8-9,11H,6-7,10H2,1-5H3. The van der Waals surface area contributed by atoms with E-state index in [4.69, 9.17) is 11.6 Å². The lowest BCUT2D eigenvalue weighted by Crippen LogP contribution is -2.28. The summed E-state index contributed by atoms with van der Waals surface area (Å²) in [6.07, 6.45) is 3.34. The van der Waals surface area contributed by atoms with Crippen molar-refractivity contribution in [1.29, 1.82) is 0 Å². The lowest BCUT2D eigenvalue weighted by Gasteiger charge is -2.15. The third kappa shape index (κ3) is 4.10. The predicted molar refractivity (Wildman–Crippen MR) is 83.8 cm³/mol. The highest BCUT2D eigenvalue weighted by Gasteiger charge is 2.13. The van der Waals surface area contributed by atoms with Gasteiger partial charge in [-0.2, -0.15) is 5.10 Å². The molecule has 4 nitrogen and oxygen atoms in total. The summed E-state index contributed by atoms with van der Waals surface area (Å²) < 4.78 is 1.79. The molecule has 112 valence electrons. The molecule has 1 aromatic rings. The number of hydrogen-bond acceptors (Lipinski definition) is 2. The summed E-state index contributed by atoms with van der Waals surface area (Å²) >= 11 is 6.33. The quantitative estimate of drug-likeness (QED) is 0.755. The predicted octanol–water partition coefficient (Wildman–Crippen LogP) is 3.38. The van der Waals surface area contributed by atoms with Crippen LogP contribution in [0.15, 0.2) is 6.08 Å². The first-order chi connectivity index (χ1) is 9.40. The van der Waals surface area contributed by atoms with Crippen molar-refractivity contribution in [2.75, 3.05) is 13.1 Å². The summed E-state index contributed by atoms with van der Waals surface area (Å²) in [5, 5.41) is 5.02. The Morgan fingerprint density at radius 3 is 2.50 bits per heavy atom. The minimum atomic E-state index is 0.00192. The molecule has 0 N–H and O–H groups in total. The van der Waals surface area contributed by atoms with Gasteiger partial charge in [-0.15, -0.1) is 0 Å². The largest absolute Gasteiger partial charge is 0.340 e. The summed E-state index contributed by atoms with van der Waals surface area (Å²) in [5.74, 6) is 0.475. The van der Waals surface area contributed by atoms with Crippen LogP contribution < -0.4 is 0 Å². The van der Waals surface area contributed by atoms with Crippen molar-refractivity contribution in [3.63, 3.8) is 0 Å². The van der Waals surface area contributed by atoms with Crippen LogP contribution in [0.25, 0.3) is 6.08 Å². The van der Waals surface area contributed by atoms with E-state index in [9.17, 15) is 4.79 Å². The van der Waals surface area contributed by atoms with E-state index in [0.717, 1.165) is 17.8 Å². The van der Waals surface area contributed by atoms with Crippen molar-refractivity contribution in [1.82, 2.24) is 14.7 Å². The maximum atomic E-state index is 12.0. The third-order valence-corrected chi connectivity index (χ3v) is 3.51. The average Bonchev–Trinajstić information content (AvgIpc) is 2.63. The van der Waals surface area contributed by atoms with Crippen LogP contribution in [0.3, 0.4) is 0 Å². The smallest absolute Gasteiger partial charge is 0.246 e. The highest BCUT2D eigenvalue weighted by atomic mass is 35.5. The van der Waals surface area contributed by atoms with Gasteiger partial charge in [0.05, 0.1) is 5.69 Å². The van der Waals surface area contributed by atoms with Gasteiger partial charge in [-0.3, -0.25) is 9.48 Å². The van der Waals surface area contributed by atoms with E-state index >= 15 is 0 Å². The van der Waals surface area contributed by atoms with Crippen molar-refractivity contribution in [3.8, 4) is 0 Å². The summed E-state index contributed by atoms with van der Waals surface area (Å²) in [7, 11) is 0. The maximum Gasteiger partial charge on any atom is 0.246 e. The van der Waals surface area contributed by atoms with E-state index in [1.54, 1.807) is 21.7 Å². The fourth-order valence-electron chi connectivity index (χ4n) is 2.02. The van der Waals surface area contributed by atoms with Crippen LogP contribution in [0.1, 0.15) is 39.0 Å². The van der Waals surface area contributed by atoms with Crippen LogP contribution in [0.4, 0.5) is 0 Å². The molecule has 1 heterocycles. The number of rotatable bonds is 6. The van der Waals surface area contributed by atoms with Crippen LogP contribution in [-0.4, -0.2) is 33.7 Å². The first-order valence-electron chi connectivity index (χ1n) is 7.10. The molecule has 0 atom stereocenters. The molecular weight excluding hydrogens is 274 g/mol. The number of halogens is 1. The van der Waals surface area contributed by atoms with Gasteiger partial charge in [-0.05, 0) is 32.8 Å². The first-order valence-corrected chi connectivity index (χ1v) is 7.48. The third-order valence-electron chi connectivity index (χ3n) is 3.12. The van der Waals surface area contributed by atoms with Crippen LogP contribution in [0, 0.1) is 12.8 Å². The van der Waals surface area contributed by atoms with Crippen LogP contribution in [0.5, 0.6) is 0 Å². The Morgan fingerprint density at radius 1 is 1.40 bits per heavy atom. The molecule has 0 saturated heterocycles. The molecule has 0 aliphatic carbocycles. The number of nitrogens with zero attached hydrogens (tertiary/aromatic N) is 3. The summed E-state index contributed by atoms with van der Waals surface area (Å²) in [5.41, 5.74) is 1.67. The van der Waals surface area contributed by atoms with Gasteiger partial charge in [0.1, 0.15) is 5.15 Å². The van der Waals surface area contributed by atoms with Crippen LogP contribution >= 0.6 is 11.6 Å². The summed E-state index contributed by atoms with van der Waals surface area (Å²) in [6.45, 7) is 12.3. The molecule has 1 amide bonds. The van der Waals surface area contributed by atoms with Gasteiger partial charge in [0.25, 0.3) is 0 Å². The molecular formula is C15H24ClN3O. The van der Waals surface area contributed by atoms with E-state index in [0.29, 0.717) is 24.2 Å². The Balaban J connectivity index is 2.92. The maximum absolute atomic E-state index is 12.0. The van der Waals surface area contributed by atoms with Gasteiger partial charge in [-0.1, -0.05) is 25.4 Å². The van der Waals surface area contributed by atoms with E-state index in [1.807, 2.05) is 20.8 Å². The van der Waals surface area contributed by atoms with E-state index in [1.165, 1.54) is 0 Å². The topological polar surface area (TPSA) is 38.1 Å². The fourth-order valence-corrected chi connectivity index (χ4v) is 2.33. The molecule has 0 aliphatic heterocycles. The van der Waals surface area contributed by atoms with E-state index < -0.39 is 0 Å². The molecule has 5 heteroatoms. The normalized spacial score (nSPS) is 11.6. The minimum absolute atomic E-state index is 0.00192. The molecule has 0 spiro atoms. The Labute approximate surface area is 126 Å². The zero-order valence-corrected chi connectivity index (χ0v) is 13.7. The van der Waals surface area contributed by atoms with Crippen molar-refractivity contribution >= 4 is 23.6 Å². The number of aryl methyl sites for hydroxylation is 1. The van der Waals surface area contributed by atoms with Gasteiger partial charge < -0.3 is 4.90 Å². The Bertz CT molecular complexity index is 488. The minimum Gasteiger partial charge on any atom is -0.340 e. The Morgan fingerprint density at radius 2 is 2.00 bits per heavy atom. The van der Waals surface area contributed by atoms with Crippen LogP contribution in [-0.2, 0) is 11.3 Å². The number of aromatic nitrogens is 2.